The third kappa shape index (κ3) is 2.74. The van der Waals surface area contributed by atoms with Gasteiger partial charge in [0.25, 0.3) is 5.56 Å². The zero-order valence-electron chi connectivity index (χ0n) is 12.5. The van der Waals surface area contributed by atoms with Gasteiger partial charge in [0, 0.05) is 18.6 Å². The fourth-order valence-corrected chi connectivity index (χ4v) is 2.62. The maximum absolute atomic E-state index is 12.7. The van der Waals surface area contributed by atoms with E-state index in [2.05, 4.69) is 21.9 Å². The molecule has 0 fully saturated rings. The normalized spacial score (nSPS) is 12.4. The highest BCUT2D eigenvalue weighted by molar-refractivity contribution is 5.71. The Morgan fingerprint density at radius 1 is 1.18 bits per heavy atom. The van der Waals surface area contributed by atoms with Crippen LogP contribution in [0.2, 0.25) is 0 Å². The summed E-state index contributed by atoms with van der Waals surface area (Å²) in [5.74, 6) is 0. The average Bonchev–Trinajstić information content (AvgIpc) is 2.58. The highest BCUT2D eigenvalue weighted by Crippen LogP contribution is 2.22. The summed E-state index contributed by atoms with van der Waals surface area (Å²) in [5.41, 5.74) is 1.96. The molecule has 1 atom stereocenters. The Morgan fingerprint density at radius 3 is 2.82 bits per heavy atom. The Bertz CT molecular complexity index is 814. The number of hydrogen-bond acceptors (Lipinski definition) is 4. The minimum absolute atomic E-state index is 0.0555. The molecule has 5 heteroatoms. The van der Waals surface area contributed by atoms with E-state index in [1.165, 1.54) is 0 Å². The van der Waals surface area contributed by atoms with Crippen molar-refractivity contribution in [2.24, 2.45) is 0 Å². The summed E-state index contributed by atoms with van der Waals surface area (Å²) in [7, 11) is 0. The highest BCUT2D eigenvalue weighted by Gasteiger charge is 2.17. The Hall–Kier alpha value is -2.56. The molecule has 0 aliphatic carbocycles. The lowest BCUT2D eigenvalue weighted by atomic mass is 10.0. The lowest BCUT2D eigenvalue weighted by Gasteiger charge is -2.19. The van der Waals surface area contributed by atoms with E-state index in [4.69, 9.17) is 0 Å². The molecular weight excluding hydrogens is 276 g/mol. The van der Waals surface area contributed by atoms with Crippen molar-refractivity contribution < 1.29 is 0 Å². The molecule has 0 aromatic carbocycles. The molecule has 3 heterocycles. The van der Waals surface area contributed by atoms with Crippen molar-refractivity contribution in [1.29, 1.82) is 0 Å². The fraction of sp³-hybridized carbons (Fsp3) is 0.294. The number of unbranched alkanes of at least 4 members (excludes halogenated alkanes) is 1. The van der Waals surface area contributed by atoms with Gasteiger partial charge >= 0.3 is 0 Å². The van der Waals surface area contributed by atoms with Crippen LogP contribution in [0.15, 0.2) is 54.0 Å². The summed E-state index contributed by atoms with van der Waals surface area (Å²) in [6, 6.07) is 7.43. The Labute approximate surface area is 128 Å². The van der Waals surface area contributed by atoms with Crippen LogP contribution in [0.1, 0.15) is 37.8 Å². The fourth-order valence-electron chi connectivity index (χ4n) is 2.62. The number of nitrogens with zero attached hydrogens (tertiary/aromatic N) is 4. The van der Waals surface area contributed by atoms with Gasteiger partial charge in [0.1, 0.15) is 0 Å². The van der Waals surface area contributed by atoms with Crippen LogP contribution in [0.3, 0.4) is 0 Å². The van der Waals surface area contributed by atoms with Crippen LogP contribution in [0.25, 0.3) is 11.0 Å². The van der Waals surface area contributed by atoms with Gasteiger partial charge in [-0.2, -0.15) is 0 Å². The lowest BCUT2D eigenvalue weighted by Crippen LogP contribution is -2.26. The monoisotopic (exact) mass is 294 g/mol. The molecule has 3 aromatic heterocycles. The minimum atomic E-state index is -0.101. The average molecular weight is 294 g/mol. The molecule has 0 aliphatic rings. The van der Waals surface area contributed by atoms with Crippen molar-refractivity contribution in [2.45, 2.75) is 32.2 Å². The maximum Gasteiger partial charge on any atom is 0.280 e. The minimum Gasteiger partial charge on any atom is -0.290 e. The molecule has 0 aliphatic heterocycles. The van der Waals surface area contributed by atoms with Crippen LogP contribution in [-0.4, -0.2) is 19.5 Å². The van der Waals surface area contributed by atoms with Crippen LogP contribution in [0, 0.1) is 0 Å². The molecule has 5 nitrogen and oxygen atoms in total. The van der Waals surface area contributed by atoms with Gasteiger partial charge < -0.3 is 0 Å². The maximum atomic E-state index is 12.7. The first kappa shape index (κ1) is 14.4. The van der Waals surface area contributed by atoms with Crippen molar-refractivity contribution in [3.05, 3.63) is 65.1 Å². The zero-order chi connectivity index (χ0) is 15.4. The second-order valence-electron chi connectivity index (χ2n) is 5.27. The lowest BCUT2D eigenvalue weighted by molar-refractivity contribution is 0.497. The van der Waals surface area contributed by atoms with Crippen LogP contribution >= 0.6 is 0 Å². The third-order valence-corrected chi connectivity index (χ3v) is 3.78. The number of pyridine rings is 2. The van der Waals surface area contributed by atoms with Gasteiger partial charge in [-0.25, -0.2) is 9.97 Å². The molecule has 0 unspecified atom stereocenters. The molecule has 0 saturated heterocycles. The van der Waals surface area contributed by atoms with E-state index < -0.39 is 0 Å². The van der Waals surface area contributed by atoms with E-state index in [0.717, 1.165) is 24.8 Å². The van der Waals surface area contributed by atoms with Crippen molar-refractivity contribution in [1.82, 2.24) is 19.5 Å². The Balaban J connectivity index is 2.12. The molecule has 0 bridgehead atoms. The quantitative estimate of drug-likeness (QED) is 0.726. The number of hydrogen-bond donors (Lipinski definition) is 0. The van der Waals surface area contributed by atoms with E-state index in [1.54, 1.807) is 35.4 Å². The molecule has 0 spiro atoms. The van der Waals surface area contributed by atoms with E-state index in [0.29, 0.717) is 11.0 Å². The van der Waals surface area contributed by atoms with Gasteiger partial charge in [-0.05, 0) is 30.2 Å². The first-order chi connectivity index (χ1) is 10.8. The molecule has 112 valence electrons. The molecule has 0 radical (unpaired) electrons. The second-order valence-corrected chi connectivity index (χ2v) is 5.27. The van der Waals surface area contributed by atoms with E-state index in [-0.39, 0.29) is 11.6 Å². The molecule has 0 amide bonds. The standard InChI is InChI=1S/C17H18N4O/c1-2-3-8-15(13-6-4-9-18-11-13)21-12-20-14-7-5-10-19-16(14)17(21)22/h4-7,9-12,15H,2-3,8H2,1H3/t15-/m0/s1. The molecule has 0 N–H and O–H groups in total. The van der Waals surface area contributed by atoms with Gasteiger partial charge in [-0.3, -0.25) is 14.3 Å². The van der Waals surface area contributed by atoms with Gasteiger partial charge in [-0.1, -0.05) is 25.8 Å². The molecule has 22 heavy (non-hydrogen) atoms. The van der Waals surface area contributed by atoms with Crippen molar-refractivity contribution in [2.75, 3.05) is 0 Å². The summed E-state index contributed by atoms with van der Waals surface area (Å²) >= 11 is 0. The summed E-state index contributed by atoms with van der Waals surface area (Å²) in [6.07, 6.45) is 9.79. The zero-order valence-corrected chi connectivity index (χ0v) is 12.5. The van der Waals surface area contributed by atoms with E-state index in [1.807, 2.05) is 18.3 Å². The predicted molar refractivity (Wildman–Crippen MR) is 85.7 cm³/mol. The first-order valence-corrected chi connectivity index (χ1v) is 7.53. The van der Waals surface area contributed by atoms with Crippen molar-refractivity contribution in [3.63, 3.8) is 0 Å². The van der Waals surface area contributed by atoms with Crippen LogP contribution in [0.4, 0.5) is 0 Å². The number of fused-ring (bicyclic) bond motifs is 1. The van der Waals surface area contributed by atoms with Crippen LogP contribution < -0.4 is 5.56 Å². The van der Waals surface area contributed by atoms with Gasteiger partial charge in [-0.15, -0.1) is 0 Å². The third-order valence-electron chi connectivity index (χ3n) is 3.78. The van der Waals surface area contributed by atoms with Crippen LogP contribution in [0.5, 0.6) is 0 Å². The van der Waals surface area contributed by atoms with Crippen LogP contribution in [-0.2, 0) is 0 Å². The molecule has 3 aromatic rings. The molecule has 3 rings (SSSR count). The number of rotatable bonds is 5. The Kier molecular flexibility index (Phi) is 4.23. The largest absolute Gasteiger partial charge is 0.290 e. The van der Waals surface area contributed by atoms with Crippen molar-refractivity contribution >= 4 is 11.0 Å². The van der Waals surface area contributed by atoms with Gasteiger partial charge in [0.15, 0.2) is 5.52 Å². The van der Waals surface area contributed by atoms with E-state index in [9.17, 15) is 4.79 Å². The first-order valence-electron chi connectivity index (χ1n) is 7.53. The highest BCUT2D eigenvalue weighted by atomic mass is 16.1. The summed E-state index contributed by atoms with van der Waals surface area (Å²) in [4.78, 5) is 25.5. The van der Waals surface area contributed by atoms with E-state index >= 15 is 0 Å². The summed E-state index contributed by atoms with van der Waals surface area (Å²) < 4.78 is 1.68. The molecule has 0 saturated carbocycles. The summed E-state index contributed by atoms with van der Waals surface area (Å²) in [5, 5.41) is 0. The van der Waals surface area contributed by atoms with Crippen molar-refractivity contribution in [3.8, 4) is 0 Å². The SMILES string of the molecule is CCCC[C@@H](c1cccnc1)n1cnc2cccnc2c1=O. The summed E-state index contributed by atoms with van der Waals surface area (Å²) in [6.45, 7) is 2.14. The Morgan fingerprint density at radius 2 is 2.05 bits per heavy atom. The number of aromatic nitrogens is 4. The van der Waals surface area contributed by atoms with Gasteiger partial charge in [0.05, 0.1) is 17.9 Å². The second kappa shape index (κ2) is 6.47. The topological polar surface area (TPSA) is 60.7 Å². The smallest absolute Gasteiger partial charge is 0.280 e. The molecular formula is C17H18N4O. The van der Waals surface area contributed by atoms with Gasteiger partial charge in [0.2, 0.25) is 0 Å². The predicted octanol–water partition coefficient (Wildman–Crippen LogP) is 2.97.